The summed E-state index contributed by atoms with van der Waals surface area (Å²) in [5.74, 6) is 6.61. The Kier molecular flexibility index (Phi) is 16.8. The highest BCUT2D eigenvalue weighted by atomic mass is 16.5. The molecular weight excluding hydrogens is 683 g/mol. The molecule has 288 valence electrons. The summed E-state index contributed by atoms with van der Waals surface area (Å²) in [7, 11) is -2.92. The fourth-order valence-corrected chi connectivity index (χ4v) is 6.23. The maximum absolute atomic E-state index is 8.42. The second-order valence-electron chi connectivity index (χ2n) is 14.1. The van der Waals surface area contributed by atoms with Crippen LogP contribution in [0.25, 0.3) is 0 Å². The Morgan fingerprint density at radius 3 is 0.436 bits per heavy atom. The summed E-state index contributed by atoms with van der Waals surface area (Å²) in [5.41, 5.74) is 14.8. The first kappa shape index (κ1) is 44.1. The highest BCUT2D eigenvalue weighted by Gasteiger charge is 2.17. The van der Waals surface area contributed by atoms with Crippen LogP contribution in [0.2, 0.25) is 0 Å². The van der Waals surface area contributed by atoms with Gasteiger partial charge >= 0.3 is 0 Å². The molecule has 0 spiro atoms. The van der Waals surface area contributed by atoms with Crippen LogP contribution >= 0.6 is 0 Å². The van der Waals surface area contributed by atoms with E-state index in [-0.39, 0.29) is 0 Å². The van der Waals surface area contributed by atoms with Gasteiger partial charge in [0.25, 0.3) is 34.5 Å². The van der Waals surface area contributed by atoms with Crippen LogP contribution in [0.5, 0.6) is 34.5 Å². The van der Waals surface area contributed by atoms with Gasteiger partial charge < -0.3 is 29.3 Å². The number of aromatic hydroxyl groups is 6. The molecule has 3 N–H and O–H groups in total. The van der Waals surface area contributed by atoms with E-state index in [2.05, 4.69) is 192 Å². The number of benzene rings is 6. The van der Waals surface area contributed by atoms with Crippen molar-refractivity contribution in [2.45, 2.75) is 83.1 Å². The van der Waals surface area contributed by atoms with E-state index in [9.17, 15) is 0 Å². The molecule has 6 nitrogen and oxygen atoms in total. The number of hydrogen-bond acceptors (Lipinski definition) is 3. The average molecular weight is 741 g/mol. The van der Waals surface area contributed by atoms with E-state index in [1.54, 1.807) is 0 Å². The molecule has 0 saturated heterocycles. The molecule has 0 saturated carbocycles. The van der Waals surface area contributed by atoms with Gasteiger partial charge in [-0.1, -0.05) is 109 Å². The first-order valence-corrected chi connectivity index (χ1v) is 18.5. The molecule has 0 bridgehead atoms. The van der Waals surface area contributed by atoms with E-state index < -0.39 is 7.32 Å². The lowest BCUT2D eigenvalue weighted by Gasteiger charge is -2.35. The van der Waals surface area contributed by atoms with Crippen LogP contribution < -0.4 is 15.1 Å². The van der Waals surface area contributed by atoms with E-state index in [1.807, 2.05) is 0 Å². The number of aryl methyl sites for hydroxylation is 12. The van der Waals surface area contributed by atoms with E-state index >= 15 is 0 Å². The molecule has 0 aliphatic carbocycles. The van der Waals surface area contributed by atoms with Gasteiger partial charge in [-0.25, -0.2) is 0 Å². The van der Waals surface area contributed by atoms with Crippen LogP contribution in [0.4, 0.5) is 0 Å². The van der Waals surface area contributed by atoms with Crippen molar-refractivity contribution in [2.75, 3.05) is 0 Å². The van der Waals surface area contributed by atoms with Crippen molar-refractivity contribution in [3.63, 3.8) is 0 Å². The molecule has 0 radical (unpaired) electrons. The molecule has 0 atom stereocenters. The molecule has 0 aliphatic rings. The first-order valence-electron chi connectivity index (χ1n) is 18.5. The summed E-state index contributed by atoms with van der Waals surface area (Å²) >= 11 is 0. The molecule has 0 aromatic heterocycles. The van der Waals surface area contributed by atoms with Gasteiger partial charge in [0.05, 0.1) is 0 Å². The molecule has 6 aromatic carbocycles. The molecule has 0 heterocycles. The zero-order valence-electron chi connectivity index (χ0n) is 34.5. The summed E-state index contributed by atoms with van der Waals surface area (Å²) in [6.07, 6.45) is 0. The molecule has 0 aliphatic heterocycles. The minimum absolute atomic E-state index is 1.10. The van der Waals surface area contributed by atoms with Crippen molar-refractivity contribution in [3.05, 3.63) is 176 Å². The van der Waals surface area contributed by atoms with Gasteiger partial charge in [-0.2, -0.15) is 0 Å². The average Bonchev–Trinajstić information content (AvgIpc) is 3.10. The highest BCUT2D eigenvalue weighted by Crippen LogP contribution is 2.36. The lowest BCUT2D eigenvalue weighted by Crippen LogP contribution is -2.56. The van der Waals surface area contributed by atoms with Crippen molar-refractivity contribution < 1.29 is 29.3 Å². The second kappa shape index (κ2) is 20.9. The third-order valence-electron chi connectivity index (χ3n) is 9.31. The Morgan fingerprint density at radius 2 is 0.345 bits per heavy atom. The lowest BCUT2D eigenvalue weighted by atomic mass is 10.1. The van der Waals surface area contributed by atoms with Crippen molar-refractivity contribution in [3.8, 4) is 34.5 Å². The fourth-order valence-electron chi connectivity index (χ4n) is 6.23. The number of para-hydroxylation sites is 6. The van der Waals surface area contributed by atoms with Gasteiger partial charge in [-0.05, 0) is 83.1 Å². The summed E-state index contributed by atoms with van der Waals surface area (Å²) in [6, 6.07) is 37.8. The SMILES string of the molecule is Cc1cccc(C)c1[OH+]c1c(C)cccc1C.Cc1cccc(C)c1[OH+]c1c(C)cccc1C.Cc1cccc(C)c1[OH+]c1c(C)cccc1C.[O-]B([O-])[O-]. The van der Waals surface area contributed by atoms with Crippen LogP contribution in [-0.4, -0.2) is 21.5 Å². The summed E-state index contributed by atoms with van der Waals surface area (Å²) in [4.78, 5) is 0. The minimum atomic E-state index is -2.92. The fraction of sp³-hybridized carbons (Fsp3) is 0.250. The zero-order valence-corrected chi connectivity index (χ0v) is 34.5. The summed E-state index contributed by atoms with van der Waals surface area (Å²) < 4.78 is 14.5. The van der Waals surface area contributed by atoms with Gasteiger partial charge in [0.1, 0.15) is 0 Å². The number of ether oxygens (including phenoxy) is 3. The monoisotopic (exact) mass is 740 g/mol. The third kappa shape index (κ3) is 12.9. The van der Waals surface area contributed by atoms with Crippen LogP contribution in [0.3, 0.4) is 0 Å². The molecule has 7 heteroatoms. The van der Waals surface area contributed by atoms with Crippen molar-refractivity contribution in [2.24, 2.45) is 0 Å². The Morgan fingerprint density at radius 1 is 0.255 bits per heavy atom. The Hall–Kier alpha value is -5.34. The van der Waals surface area contributed by atoms with Gasteiger partial charge in [0.15, 0.2) is 0 Å². The van der Waals surface area contributed by atoms with E-state index in [4.69, 9.17) is 29.3 Å². The lowest BCUT2D eigenvalue weighted by molar-refractivity contribution is -0.479. The van der Waals surface area contributed by atoms with Crippen LogP contribution in [-0.2, 0) is 0 Å². The van der Waals surface area contributed by atoms with Gasteiger partial charge in [-0.3, -0.25) is 7.32 Å². The second-order valence-corrected chi connectivity index (χ2v) is 14.1. The van der Waals surface area contributed by atoms with Crippen molar-refractivity contribution in [1.82, 2.24) is 0 Å². The quantitative estimate of drug-likeness (QED) is 0.125. The maximum Gasteiger partial charge on any atom is 0.266 e. The topological polar surface area (TPSA) is 108 Å². The maximum atomic E-state index is 8.42. The molecule has 6 aromatic rings. The largest absolute Gasteiger partial charge is 0.907 e. The molecule has 6 rings (SSSR count). The van der Waals surface area contributed by atoms with E-state index in [0.29, 0.717) is 0 Å². The number of hydrogen-bond donors (Lipinski definition) is 0. The minimum Gasteiger partial charge on any atom is -0.907 e. The molecule has 0 fully saturated rings. The van der Waals surface area contributed by atoms with E-state index in [1.165, 1.54) is 66.8 Å². The standard InChI is InChI=1S/3C16H18O.BO3/c3*1-11-7-5-8-12(2)15(11)17-16-13(3)9-6-10-14(16)4;2-1(3)4/h3*5-10H,1-4H3;/q;;;-3/p+3. The number of rotatable bonds is 6. The van der Waals surface area contributed by atoms with Crippen molar-refractivity contribution >= 4 is 7.32 Å². The highest BCUT2D eigenvalue weighted by molar-refractivity contribution is 6.24. The van der Waals surface area contributed by atoms with Gasteiger partial charge in [0.2, 0.25) is 0 Å². The predicted octanol–water partition coefficient (Wildman–Crippen LogP) is 9.78. The Balaban J connectivity index is 0.000000211. The third-order valence-corrected chi connectivity index (χ3v) is 9.31. The smallest absolute Gasteiger partial charge is 0.266 e. The molecular formula is C48H57BO6. The Bertz CT molecular complexity index is 1660. The Labute approximate surface area is 329 Å². The predicted molar refractivity (Wildman–Crippen MR) is 225 cm³/mol. The van der Waals surface area contributed by atoms with Gasteiger partial charge in [-0.15, -0.1) is 0 Å². The van der Waals surface area contributed by atoms with Crippen LogP contribution in [0.15, 0.2) is 109 Å². The molecule has 0 amide bonds. The molecule has 0 unspecified atom stereocenters. The van der Waals surface area contributed by atoms with Crippen LogP contribution in [0.1, 0.15) is 66.8 Å². The normalized spacial score (nSPS) is 10.1. The first-order chi connectivity index (χ1) is 26.0. The molecule has 55 heavy (non-hydrogen) atoms. The summed E-state index contributed by atoms with van der Waals surface area (Å²) in [6.45, 7) is 25.3. The van der Waals surface area contributed by atoms with Crippen molar-refractivity contribution in [1.29, 1.82) is 0 Å². The van der Waals surface area contributed by atoms with Gasteiger partial charge in [0, 0.05) is 66.8 Å². The summed E-state index contributed by atoms with van der Waals surface area (Å²) in [5, 5.41) is 25.2. The zero-order chi connectivity index (χ0) is 40.8. The van der Waals surface area contributed by atoms with Crippen LogP contribution in [0, 0.1) is 83.1 Å². The van der Waals surface area contributed by atoms with E-state index in [0.717, 1.165) is 34.5 Å².